The summed E-state index contributed by atoms with van der Waals surface area (Å²) in [5.41, 5.74) is 8.77. The molecule has 16 heavy (non-hydrogen) atoms. The molecule has 0 aliphatic heterocycles. The monoisotopic (exact) mass is 219 g/mol. The Balaban J connectivity index is 2.54. The normalized spacial score (nSPS) is 13.6. The number of aromatic nitrogens is 2. The van der Waals surface area contributed by atoms with Gasteiger partial charge in [-0.25, -0.2) is 4.98 Å². The van der Waals surface area contributed by atoms with Crippen LogP contribution in [0.2, 0.25) is 0 Å². The van der Waals surface area contributed by atoms with Crippen molar-refractivity contribution in [3.8, 4) is 0 Å². The molecule has 1 aromatic carbocycles. The zero-order valence-corrected chi connectivity index (χ0v) is 9.59. The van der Waals surface area contributed by atoms with Gasteiger partial charge in [0.15, 0.2) is 0 Å². The van der Waals surface area contributed by atoms with Crippen LogP contribution in [0.5, 0.6) is 0 Å². The number of aliphatic hydroxyl groups excluding tert-OH is 1. The van der Waals surface area contributed by atoms with Gasteiger partial charge >= 0.3 is 0 Å². The Morgan fingerprint density at radius 3 is 2.81 bits per heavy atom. The smallest absolute Gasteiger partial charge is 0.0960 e. The molecule has 1 atom stereocenters. The first-order valence-electron chi connectivity index (χ1n) is 5.46. The van der Waals surface area contributed by atoms with Crippen LogP contribution in [0.1, 0.15) is 31.5 Å². The third kappa shape index (κ3) is 1.81. The zero-order chi connectivity index (χ0) is 11.7. The molecule has 0 saturated heterocycles. The minimum Gasteiger partial charge on any atom is -0.394 e. The maximum Gasteiger partial charge on any atom is 0.0960 e. The number of nitrogens with two attached hydrogens (primary N) is 1. The highest BCUT2D eigenvalue weighted by atomic mass is 16.3. The lowest BCUT2D eigenvalue weighted by Gasteiger charge is -2.11. The molecular formula is C12H17N3O. The average molecular weight is 219 g/mol. The molecule has 0 fully saturated rings. The second kappa shape index (κ2) is 4.23. The van der Waals surface area contributed by atoms with Crippen LogP contribution in [0.15, 0.2) is 24.5 Å². The van der Waals surface area contributed by atoms with E-state index in [9.17, 15) is 0 Å². The summed E-state index contributed by atoms with van der Waals surface area (Å²) in [5.74, 6) is 0. The van der Waals surface area contributed by atoms with Crippen LogP contribution in [-0.2, 0) is 0 Å². The lowest BCUT2D eigenvalue weighted by atomic mass is 10.1. The first-order chi connectivity index (χ1) is 7.63. The topological polar surface area (TPSA) is 64.1 Å². The van der Waals surface area contributed by atoms with E-state index in [0.29, 0.717) is 6.04 Å². The molecular weight excluding hydrogens is 202 g/mol. The molecule has 0 bridgehead atoms. The largest absolute Gasteiger partial charge is 0.394 e. The number of fused-ring (bicyclic) bond motifs is 1. The van der Waals surface area contributed by atoms with Crippen molar-refractivity contribution in [1.29, 1.82) is 0 Å². The summed E-state index contributed by atoms with van der Waals surface area (Å²) in [5, 5.41) is 9.04. The summed E-state index contributed by atoms with van der Waals surface area (Å²) in [4.78, 5) is 4.33. The molecule has 1 aromatic heterocycles. The van der Waals surface area contributed by atoms with Crippen LogP contribution in [0.3, 0.4) is 0 Å². The van der Waals surface area contributed by atoms with Gasteiger partial charge in [-0.2, -0.15) is 0 Å². The van der Waals surface area contributed by atoms with Gasteiger partial charge in [-0.15, -0.1) is 0 Å². The number of aliphatic hydroxyl groups is 1. The van der Waals surface area contributed by atoms with E-state index in [4.69, 9.17) is 10.8 Å². The van der Waals surface area contributed by atoms with Crippen molar-refractivity contribution in [3.63, 3.8) is 0 Å². The number of hydrogen-bond donors (Lipinski definition) is 2. The quantitative estimate of drug-likeness (QED) is 0.824. The van der Waals surface area contributed by atoms with E-state index in [1.807, 2.05) is 24.5 Å². The first kappa shape index (κ1) is 11.1. The zero-order valence-electron chi connectivity index (χ0n) is 9.59. The number of nitrogens with zero attached hydrogens (tertiary/aromatic N) is 2. The van der Waals surface area contributed by atoms with Crippen molar-refractivity contribution in [2.24, 2.45) is 5.73 Å². The summed E-state index contributed by atoms with van der Waals surface area (Å²) in [7, 11) is 0. The van der Waals surface area contributed by atoms with Gasteiger partial charge in [0.2, 0.25) is 0 Å². The van der Waals surface area contributed by atoms with Crippen LogP contribution in [0.25, 0.3) is 11.0 Å². The molecule has 2 rings (SSSR count). The Kier molecular flexibility index (Phi) is 2.94. The fourth-order valence-electron chi connectivity index (χ4n) is 1.79. The van der Waals surface area contributed by atoms with Crippen molar-refractivity contribution >= 4 is 11.0 Å². The minimum absolute atomic E-state index is 0.0404. The number of rotatable bonds is 3. The Morgan fingerprint density at radius 1 is 1.44 bits per heavy atom. The van der Waals surface area contributed by atoms with Crippen LogP contribution in [-0.4, -0.2) is 21.3 Å². The summed E-state index contributed by atoms with van der Waals surface area (Å²) in [6, 6.07) is 5.91. The van der Waals surface area contributed by atoms with E-state index < -0.39 is 0 Å². The molecule has 0 spiro atoms. The van der Waals surface area contributed by atoms with Crippen molar-refractivity contribution in [1.82, 2.24) is 9.55 Å². The second-order valence-electron chi connectivity index (χ2n) is 4.28. The van der Waals surface area contributed by atoms with Gasteiger partial charge in [0.25, 0.3) is 0 Å². The van der Waals surface area contributed by atoms with E-state index in [2.05, 4.69) is 23.4 Å². The average Bonchev–Trinajstić information content (AvgIpc) is 2.70. The van der Waals surface area contributed by atoms with Crippen molar-refractivity contribution in [3.05, 3.63) is 30.1 Å². The summed E-state index contributed by atoms with van der Waals surface area (Å²) in [6.45, 7) is 4.18. The Morgan fingerprint density at radius 2 is 2.19 bits per heavy atom. The molecule has 1 unspecified atom stereocenters. The molecule has 0 radical (unpaired) electrons. The van der Waals surface area contributed by atoms with Crippen LogP contribution in [0.4, 0.5) is 0 Å². The lowest BCUT2D eigenvalue weighted by molar-refractivity contribution is 0.268. The molecule has 0 aliphatic carbocycles. The molecule has 3 N–H and O–H groups in total. The van der Waals surface area contributed by atoms with Crippen LogP contribution < -0.4 is 5.73 Å². The number of hydrogen-bond acceptors (Lipinski definition) is 3. The molecule has 4 nitrogen and oxygen atoms in total. The van der Waals surface area contributed by atoms with Gasteiger partial charge in [-0.05, 0) is 31.5 Å². The van der Waals surface area contributed by atoms with E-state index in [1.165, 1.54) is 0 Å². The van der Waals surface area contributed by atoms with Crippen molar-refractivity contribution in [2.45, 2.75) is 25.9 Å². The summed E-state index contributed by atoms with van der Waals surface area (Å²) in [6.07, 6.45) is 1.84. The maximum atomic E-state index is 9.04. The van der Waals surface area contributed by atoms with Gasteiger partial charge in [0, 0.05) is 6.04 Å². The molecule has 4 heteroatoms. The maximum absolute atomic E-state index is 9.04. The number of benzene rings is 1. The lowest BCUT2D eigenvalue weighted by Crippen LogP contribution is -2.14. The van der Waals surface area contributed by atoms with Crippen molar-refractivity contribution in [2.75, 3.05) is 6.61 Å². The molecule has 0 saturated carbocycles. The third-order valence-corrected chi connectivity index (χ3v) is 2.78. The predicted octanol–water partition coefficient (Wildman–Crippen LogP) is 1.61. The molecule has 2 aromatic rings. The Labute approximate surface area is 94.7 Å². The Bertz CT molecular complexity index is 490. The molecule has 0 amide bonds. The van der Waals surface area contributed by atoms with E-state index >= 15 is 0 Å². The summed E-state index contributed by atoms with van der Waals surface area (Å²) >= 11 is 0. The van der Waals surface area contributed by atoms with Gasteiger partial charge in [-0.1, -0.05) is 6.07 Å². The van der Waals surface area contributed by atoms with Crippen molar-refractivity contribution < 1.29 is 5.11 Å². The fraction of sp³-hybridized carbons (Fsp3) is 0.417. The molecule has 1 heterocycles. The van der Waals surface area contributed by atoms with Gasteiger partial charge in [-0.3, -0.25) is 0 Å². The third-order valence-electron chi connectivity index (χ3n) is 2.78. The predicted molar refractivity (Wildman–Crippen MR) is 64.1 cm³/mol. The standard InChI is InChI=1S/C12H17N3O/c1-8(2)15-7-14-11-4-3-9(5-12(11)15)10(13)6-16/h3-5,7-8,10,16H,6,13H2,1-2H3. The fourth-order valence-corrected chi connectivity index (χ4v) is 1.79. The molecule has 86 valence electrons. The summed E-state index contributed by atoms with van der Waals surface area (Å²) < 4.78 is 2.10. The van der Waals surface area contributed by atoms with E-state index in [-0.39, 0.29) is 12.6 Å². The van der Waals surface area contributed by atoms with Crippen LogP contribution >= 0.6 is 0 Å². The minimum atomic E-state index is -0.320. The van der Waals surface area contributed by atoms with Crippen LogP contribution in [0, 0.1) is 0 Å². The number of imidazole rings is 1. The second-order valence-corrected chi connectivity index (χ2v) is 4.28. The first-order valence-corrected chi connectivity index (χ1v) is 5.46. The highest BCUT2D eigenvalue weighted by Crippen LogP contribution is 2.21. The van der Waals surface area contributed by atoms with Gasteiger partial charge < -0.3 is 15.4 Å². The highest BCUT2D eigenvalue weighted by Gasteiger charge is 2.09. The van der Waals surface area contributed by atoms with E-state index in [0.717, 1.165) is 16.6 Å². The highest BCUT2D eigenvalue weighted by molar-refractivity contribution is 5.76. The SMILES string of the molecule is CC(C)n1cnc2ccc(C(N)CO)cc21. The van der Waals surface area contributed by atoms with Gasteiger partial charge in [0.05, 0.1) is 30.0 Å². The molecule has 0 aliphatic rings. The Hall–Kier alpha value is -1.39. The van der Waals surface area contributed by atoms with E-state index in [1.54, 1.807) is 0 Å². The van der Waals surface area contributed by atoms with Gasteiger partial charge in [0.1, 0.15) is 0 Å².